The summed E-state index contributed by atoms with van der Waals surface area (Å²) in [5.74, 6) is 3.07. The number of nitrogens with zero attached hydrogens (tertiary/aromatic N) is 2. The second-order valence-electron chi connectivity index (χ2n) is 6.34. The second kappa shape index (κ2) is 5.61. The Bertz CT molecular complexity index is 407. The molecular formula is C15H25N3O. The summed E-state index contributed by atoms with van der Waals surface area (Å²) in [7, 11) is 0. The molecule has 2 fully saturated rings. The van der Waals surface area contributed by atoms with Crippen LogP contribution in [-0.2, 0) is 0 Å². The van der Waals surface area contributed by atoms with Gasteiger partial charge in [0.15, 0.2) is 5.82 Å². The second-order valence-corrected chi connectivity index (χ2v) is 6.34. The first-order valence-electron chi connectivity index (χ1n) is 7.83. The predicted octanol–water partition coefficient (Wildman–Crippen LogP) is 3.57. The maximum atomic E-state index is 5.46. The molecule has 4 heteroatoms. The standard InChI is InChI=1S/C15H25N3O/c1-10(12-8-9-12)16-11(2)15-17-14(18-19-15)13-6-4-3-5-7-13/h10-13,16H,3-9H2,1-2H3. The predicted molar refractivity (Wildman–Crippen MR) is 73.9 cm³/mol. The molecule has 0 radical (unpaired) electrons. The van der Waals surface area contributed by atoms with Crippen molar-refractivity contribution in [2.24, 2.45) is 5.92 Å². The van der Waals surface area contributed by atoms with Gasteiger partial charge in [-0.1, -0.05) is 24.4 Å². The molecule has 2 aliphatic carbocycles. The molecule has 0 spiro atoms. The summed E-state index contributed by atoms with van der Waals surface area (Å²) >= 11 is 0. The highest BCUT2D eigenvalue weighted by molar-refractivity contribution is 5.00. The van der Waals surface area contributed by atoms with Gasteiger partial charge in [0.2, 0.25) is 5.89 Å². The van der Waals surface area contributed by atoms with Gasteiger partial charge in [-0.15, -0.1) is 0 Å². The summed E-state index contributed by atoms with van der Waals surface area (Å²) in [6.07, 6.45) is 9.13. The van der Waals surface area contributed by atoms with Crippen molar-refractivity contribution in [3.63, 3.8) is 0 Å². The van der Waals surface area contributed by atoms with Gasteiger partial charge in [0, 0.05) is 12.0 Å². The molecule has 2 saturated carbocycles. The molecule has 0 amide bonds. The van der Waals surface area contributed by atoms with Crippen LogP contribution >= 0.6 is 0 Å². The lowest BCUT2D eigenvalue weighted by molar-refractivity contribution is 0.313. The number of aromatic nitrogens is 2. The Labute approximate surface area is 115 Å². The third-order valence-corrected chi connectivity index (χ3v) is 4.64. The minimum absolute atomic E-state index is 0.167. The van der Waals surface area contributed by atoms with E-state index in [0.29, 0.717) is 12.0 Å². The molecule has 1 aromatic heterocycles. The maximum absolute atomic E-state index is 5.46. The molecule has 2 aliphatic rings. The van der Waals surface area contributed by atoms with Gasteiger partial charge in [0.25, 0.3) is 0 Å². The first-order chi connectivity index (χ1) is 9.24. The Hall–Kier alpha value is -0.900. The van der Waals surface area contributed by atoms with E-state index in [1.807, 2.05) is 0 Å². The zero-order chi connectivity index (χ0) is 13.2. The zero-order valence-electron chi connectivity index (χ0n) is 12.1. The molecule has 19 heavy (non-hydrogen) atoms. The van der Waals surface area contributed by atoms with Crippen molar-refractivity contribution in [3.05, 3.63) is 11.7 Å². The van der Waals surface area contributed by atoms with Gasteiger partial charge in [-0.05, 0) is 45.4 Å². The van der Waals surface area contributed by atoms with Gasteiger partial charge >= 0.3 is 0 Å². The van der Waals surface area contributed by atoms with Gasteiger partial charge < -0.3 is 9.84 Å². The Balaban J connectivity index is 1.59. The summed E-state index contributed by atoms with van der Waals surface area (Å²) in [4.78, 5) is 4.63. The molecule has 1 heterocycles. The van der Waals surface area contributed by atoms with Crippen LogP contribution < -0.4 is 5.32 Å². The van der Waals surface area contributed by atoms with E-state index in [4.69, 9.17) is 4.52 Å². The van der Waals surface area contributed by atoms with Crippen LogP contribution in [0.3, 0.4) is 0 Å². The van der Waals surface area contributed by atoms with Gasteiger partial charge in [0.1, 0.15) is 0 Å². The molecule has 4 nitrogen and oxygen atoms in total. The maximum Gasteiger partial charge on any atom is 0.243 e. The van der Waals surface area contributed by atoms with Crippen LogP contribution in [0.15, 0.2) is 4.52 Å². The average Bonchev–Trinajstić information content (AvgIpc) is 3.17. The quantitative estimate of drug-likeness (QED) is 0.882. The fourth-order valence-electron chi connectivity index (χ4n) is 3.15. The van der Waals surface area contributed by atoms with Crippen LogP contribution in [0.2, 0.25) is 0 Å². The van der Waals surface area contributed by atoms with Crippen molar-refractivity contribution in [1.29, 1.82) is 0 Å². The Morgan fingerprint density at radius 1 is 1.11 bits per heavy atom. The van der Waals surface area contributed by atoms with Gasteiger partial charge in [-0.25, -0.2) is 0 Å². The zero-order valence-corrected chi connectivity index (χ0v) is 12.1. The van der Waals surface area contributed by atoms with Crippen LogP contribution in [0.25, 0.3) is 0 Å². The first kappa shape index (κ1) is 13.1. The van der Waals surface area contributed by atoms with E-state index < -0.39 is 0 Å². The highest BCUT2D eigenvalue weighted by atomic mass is 16.5. The average molecular weight is 263 g/mol. The molecule has 1 aromatic rings. The smallest absolute Gasteiger partial charge is 0.243 e. The normalized spacial score (nSPS) is 24.3. The molecular weight excluding hydrogens is 238 g/mol. The van der Waals surface area contributed by atoms with E-state index in [1.165, 1.54) is 44.9 Å². The summed E-state index contributed by atoms with van der Waals surface area (Å²) in [5.41, 5.74) is 0. The third kappa shape index (κ3) is 3.16. The lowest BCUT2D eigenvalue weighted by Gasteiger charge is -2.18. The summed E-state index contributed by atoms with van der Waals surface area (Å²) in [6.45, 7) is 4.38. The summed E-state index contributed by atoms with van der Waals surface area (Å²) in [6, 6.07) is 0.723. The molecule has 0 aliphatic heterocycles. The van der Waals surface area contributed by atoms with E-state index in [2.05, 4.69) is 29.3 Å². The van der Waals surface area contributed by atoms with Crippen molar-refractivity contribution in [1.82, 2.24) is 15.5 Å². The molecule has 2 atom stereocenters. The lowest BCUT2D eigenvalue weighted by atomic mass is 9.89. The van der Waals surface area contributed by atoms with E-state index in [9.17, 15) is 0 Å². The van der Waals surface area contributed by atoms with E-state index in [-0.39, 0.29) is 6.04 Å². The molecule has 106 valence electrons. The van der Waals surface area contributed by atoms with Gasteiger partial charge in [-0.2, -0.15) is 4.98 Å². The topological polar surface area (TPSA) is 51.0 Å². The molecule has 3 rings (SSSR count). The van der Waals surface area contributed by atoms with Gasteiger partial charge in [0.05, 0.1) is 6.04 Å². The minimum atomic E-state index is 0.167. The summed E-state index contributed by atoms with van der Waals surface area (Å²) < 4.78 is 5.46. The molecule has 0 bridgehead atoms. The number of rotatable bonds is 5. The van der Waals surface area contributed by atoms with Crippen LogP contribution in [0.1, 0.15) is 82.5 Å². The SMILES string of the molecule is CC(NC(C)C1CC1)c1nc(C2CCCCC2)no1. The van der Waals surface area contributed by atoms with E-state index >= 15 is 0 Å². The minimum Gasteiger partial charge on any atom is -0.338 e. The number of hydrogen-bond acceptors (Lipinski definition) is 4. The largest absolute Gasteiger partial charge is 0.338 e. The van der Waals surface area contributed by atoms with Crippen LogP contribution in [-0.4, -0.2) is 16.2 Å². The third-order valence-electron chi connectivity index (χ3n) is 4.64. The van der Waals surface area contributed by atoms with Crippen molar-refractivity contribution >= 4 is 0 Å². The Kier molecular flexibility index (Phi) is 3.87. The Morgan fingerprint density at radius 2 is 1.84 bits per heavy atom. The number of hydrogen-bond donors (Lipinski definition) is 1. The van der Waals surface area contributed by atoms with Crippen LogP contribution in [0.4, 0.5) is 0 Å². The van der Waals surface area contributed by atoms with E-state index in [0.717, 1.165) is 17.6 Å². The molecule has 0 aromatic carbocycles. The monoisotopic (exact) mass is 263 g/mol. The first-order valence-corrected chi connectivity index (χ1v) is 7.83. The van der Waals surface area contributed by atoms with Crippen LogP contribution in [0.5, 0.6) is 0 Å². The molecule has 0 saturated heterocycles. The highest BCUT2D eigenvalue weighted by Gasteiger charge is 2.30. The van der Waals surface area contributed by atoms with Crippen molar-refractivity contribution in [2.45, 2.75) is 76.8 Å². The van der Waals surface area contributed by atoms with Crippen molar-refractivity contribution in [2.75, 3.05) is 0 Å². The molecule has 1 N–H and O–H groups in total. The fourth-order valence-corrected chi connectivity index (χ4v) is 3.15. The van der Waals surface area contributed by atoms with Crippen LogP contribution in [0, 0.1) is 5.92 Å². The van der Waals surface area contributed by atoms with E-state index in [1.54, 1.807) is 0 Å². The number of nitrogens with one attached hydrogen (secondary N) is 1. The molecule has 2 unspecified atom stereocenters. The fraction of sp³-hybridized carbons (Fsp3) is 0.867. The highest BCUT2D eigenvalue weighted by Crippen LogP contribution is 2.34. The lowest BCUT2D eigenvalue weighted by Crippen LogP contribution is -2.30. The van der Waals surface area contributed by atoms with Crippen molar-refractivity contribution < 1.29 is 4.52 Å². The van der Waals surface area contributed by atoms with Gasteiger partial charge in [-0.3, -0.25) is 0 Å². The Morgan fingerprint density at radius 3 is 2.53 bits per heavy atom. The van der Waals surface area contributed by atoms with Crippen molar-refractivity contribution in [3.8, 4) is 0 Å². The summed E-state index contributed by atoms with van der Waals surface area (Å²) in [5, 5.41) is 7.78.